The van der Waals surface area contributed by atoms with Gasteiger partial charge in [-0.25, -0.2) is 0 Å². The van der Waals surface area contributed by atoms with Crippen LogP contribution in [0.1, 0.15) is 46.7 Å². The fraction of sp³-hybridized carbons (Fsp3) is 0.350. The quantitative estimate of drug-likeness (QED) is 0.803. The standard InChI is InChI=1S/C20H23NO/c1-16-8-7-12-18(14-16)20(22)21-13-6-5-11-19(15-21)17-9-3-2-4-10-17/h2-4,7-10,12,14,19H,5-6,11,13,15H2,1H3. The molecule has 1 saturated heterocycles. The summed E-state index contributed by atoms with van der Waals surface area (Å²) in [5.74, 6) is 0.629. The summed E-state index contributed by atoms with van der Waals surface area (Å²) in [6.45, 7) is 3.73. The van der Waals surface area contributed by atoms with Crippen molar-refractivity contribution in [1.82, 2.24) is 4.90 Å². The van der Waals surface area contributed by atoms with E-state index in [0.29, 0.717) is 5.92 Å². The van der Waals surface area contributed by atoms with Gasteiger partial charge in [-0.15, -0.1) is 0 Å². The van der Waals surface area contributed by atoms with Crippen LogP contribution in [0.15, 0.2) is 54.6 Å². The Hall–Kier alpha value is -2.09. The number of nitrogens with zero attached hydrogens (tertiary/aromatic N) is 1. The van der Waals surface area contributed by atoms with Crippen molar-refractivity contribution in [3.63, 3.8) is 0 Å². The molecule has 0 aliphatic carbocycles. The Morgan fingerprint density at radius 2 is 1.86 bits per heavy atom. The van der Waals surface area contributed by atoms with Crippen LogP contribution in [0.5, 0.6) is 0 Å². The van der Waals surface area contributed by atoms with E-state index in [4.69, 9.17) is 0 Å². The average molecular weight is 293 g/mol. The Morgan fingerprint density at radius 3 is 2.64 bits per heavy atom. The summed E-state index contributed by atoms with van der Waals surface area (Å²) < 4.78 is 0. The highest BCUT2D eigenvalue weighted by molar-refractivity contribution is 5.94. The van der Waals surface area contributed by atoms with E-state index in [1.807, 2.05) is 36.1 Å². The number of hydrogen-bond donors (Lipinski definition) is 0. The second-order valence-corrected chi connectivity index (χ2v) is 6.22. The molecule has 0 radical (unpaired) electrons. The molecule has 0 bridgehead atoms. The van der Waals surface area contributed by atoms with Gasteiger partial charge >= 0.3 is 0 Å². The molecule has 2 aromatic carbocycles. The normalized spacial score (nSPS) is 18.8. The summed E-state index contributed by atoms with van der Waals surface area (Å²) in [5.41, 5.74) is 3.31. The van der Waals surface area contributed by atoms with Crippen molar-refractivity contribution in [2.75, 3.05) is 13.1 Å². The van der Waals surface area contributed by atoms with Crippen molar-refractivity contribution in [1.29, 1.82) is 0 Å². The second-order valence-electron chi connectivity index (χ2n) is 6.22. The van der Waals surface area contributed by atoms with Gasteiger partial charge in [0.2, 0.25) is 0 Å². The fourth-order valence-electron chi connectivity index (χ4n) is 3.28. The molecule has 22 heavy (non-hydrogen) atoms. The van der Waals surface area contributed by atoms with Gasteiger partial charge in [-0.3, -0.25) is 4.79 Å². The molecule has 1 fully saturated rings. The van der Waals surface area contributed by atoms with Gasteiger partial charge in [-0.05, 0) is 37.5 Å². The minimum absolute atomic E-state index is 0.173. The molecule has 1 atom stereocenters. The van der Waals surface area contributed by atoms with Crippen LogP contribution < -0.4 is 0 Å². The Kier molecular flexibility index (Phi) is 4.57. The maximum atomic E-state index is 12.8. The van der Waals surface area contributed by atoms with Gasteiger partial charge in [-0.1, -0.05) is 54.4 Å². The van der Waals surface area contributed by atoms with Crippen LogP contribution in [-0.2, 0) is 0 Å². The van der Waals surface area contributed by atoms with Crippen LogP contribution >= 0.6 is 0 Å². The number of carbonyl (C=O) groups is 1. The molecule has 1 heterocycles. The molecule has 1 unspecified atom stereocenters. The maximum Gasteiger partial charge on any atom is 0.253 e. The number of aryl methyl sites for hydroxylation is 1. The first-order chi connectivity index (χ1) is 10.7. The first-order valence-corrected chi connectivity index (χ1v) is 8.15. The largest absolute Gasteiger partial charge is 0.338 e. The molecule has 0 N–H and O–H groups in total. The molecule has 3 rings (SSSR count). The van der Waals surface area contributed by atoms with E-state index in [0.717, 1.165) is 30.6 Å². The monoisotopic (exact) mass is 293 g/mol. The topological polar surface area (TPSA) is 20.3 Å². The molecule has 1 amide bonds. The average Bonchev–Trinajstić information content (AvgIpc) is 2.81. The smallest absolute Gasteiger partial charge is 0.253 e. The lowest BCUT2D eigenvalue weighted by Crippen LogP contribution is -2.34. The molecule has 0 aromatic heterocycles. The van der Waals surface area contributed by atoms with E-state index in [1.54, 1.807) is 0 Å². The third kappa shape index (κ3) is 3.38. The summed E-state index contributed by atoms with van der Waals surface area (Å²) in [6, 6.07) is 18.5. The minimum Gasteiger partial charge on any atom is -0.338 e. The molecule has 0 saturated carbocycles. The van der Waals surface area contributed by atoms with Crippen molar-refractivity contribution >= 4 is 5.91 Å². The van der Waals surface area contributed by atoms with Gasteiger partial charge in [0.05, 0.1) is 0 Å². The third-order valence-corrected chi connectivity index (χ3v) is 4.49. The first-order valence-electron chi connectivity index (χ1n) is 8.15. The van der Waals surface area contributed by atoms with Crippen molar-refractivity contribution in [2.45, 2.75) is 32.1 Å². The van der Waals surface area contributed by atoms with Gasteiger partial charge in [0, 0.05) is 24.6 Å². The first kappa shape index (κ1) is 14.8. The summed E-state index contributed by atoms with van der Waals surface area (Å²) in [6.07, 6.45) is 3.46. The number of benzene rings is 2. The summed E-state index contributed by atoms with van der Waals surface area (Å²) in [7, 11) is 0. The summed E-state index contributed by atoms with van der Waals surface area (Å²) in [5, 5.41) is 0. The second kappa shape index (κ2) is 6.78. The van der Waals surface area contributed by atoms with Gasteiger partial charge in [-0.2, -0.15) is 0 Å². The molecule has 1 aliphatic rings. The van der Waals surface area contributed by atoms with Crippen molar-refractivity contribution in [3.8, 4) is 0 Å². The van der Waals surface area contributed by atoms with Crippen LogP contribution in [0.4, 0.5) is 0 Å². The van der Waals surface area contributed by atoms with Crippen LogP contribution in [0.2, 0.25) is 0 Å². The Balaban J connectivity index is 1.79. The van der Waals surface area contributed by atoms with Crippen LogP contribution in [0, 0.1) is 6.92 Å². The van der Waals surface area contributed by atoms with Gasteiger partial charge in [0.1, 0.15) is 0 Å². The molecular formula is C20H23NO. The van der Waals surface area contributed by atoms with Crippen molar-refractivity contribution in [2.24, 2.45) is 0 Å². The van der Waals surface area contributed by atoms with Crippen LogP contribution in [0.3, 0.4) is 0 Å². The maximum absolute atomic E-state index is 12.8. The molecule has 2 aromatic rings. The molecule has 1 aliphatic heterocycles. The van der Waals surface area contributed by atoms with Gasteiger partial charge in [0.15, 0.2) is 0 Å². The number of hydrogen-bond acceptors (Lipinski definition) is 1. The molecular weight excluding hydrogens is 270 g/mol. The van der Waals surface area contributed by atoms with Gasteiger partial charge < -0.3 is 4.90 Å². The Morgan fingerprint density at radius 1 is 1.05 bits per heavy atom. The lowest BCUT2D eigenvalue weighted by atomic mass is 9.94. The molecule has 2 heteroatoms. The number of likely N-dealkylation sites (tertiary alicyclic amines) is 1. The lowest BCUT2D eigenvalue weighted by Gasteiger charge is -2.25. The van der Waals surface area contributed by atoms with E-state index in [9.17, 15) is 4.79 Å². The van der Waals surface area contributed by atoms with Crippen molar-refractivity contribution < 1.29 is 4.79 Å². The van der Waals surface area contributed by atoms with Crippen LogP contribution in [-0.4, -0.2) is 23.9 Å². The molecule has 0 spiro atoms. The van der Waals surface area contributed by atoms with E-state index in [1.165, 1.54) is 18.4 Å². The van der Waals surface area contributed by atoms with E-state index >= 15 is 0 Å². The zero-order chi connectivity index (χ0) is 15.4. The SMILES string of the molecule is Cc1cccc(C(=O)N2CCCCC(c3ccccc3)C2)c1. The summed E-state index contributed by atoms with van der Waals surface area (Å²) >= 11 is 0. The number of carbonyl (C=O) groups excluding carboxylic acids is 1. The summed E-state index contributed by atoms with van der Waals surface area (Å²) in [4.78, 5) is 14.8. The zero-order valence-electron chi connectivity index (χ0n) is 13.2. The fourth-order valence-corrected chi connectivity index (χ4v) is 3.28. The van der Waals surface area contributed by atoms with Crippen LogP contribution in [0.25, 0.3) is 0 Å². The highest BCUT2D eigenvalue weighted by Gasteiger charge is 2.23. The van der Waals surface area contributed by atoms with E-state index in [2.05, 4.69) is 30.3 Å². The predicted octanol–water partition coefficient (Wildman–Crippen LogP) is 4.40. The number of amides is 1. The molecule has 2 nitrogen and oxygen atoms in total. The Bertz CT molecular complexity index is 635. The molecule has 114 valence electrons. The Labute approximate surface area is 132 Å². The third-order valence-electron chi connectivity index (χ3n) is 4.49. The zero-order valence-corrected chi connectivity index (χ0v) is 13.2. The van der Waals surface area contributed by atoms with E-state index < -0.39 is 0 Å². The lowest BCUT2D eigenvalue weighted by molar-refractivity contribution is 0.0754. The highest BCUT2D eigenvalue weighted by Crippen LogP contribution is 2.27. The van der Waals surface area contributed by atoms with Crippen molar-refractivity contribution in [3.05, 3.63) is 71.3 Å². The predicted molar refractivity (Wildman–Crippen MR) is 90.1 cm³/mol. The number of rotatable bonds is 2. The van der Waals surface area contributed by atoms with Gasteiger partial charge in [0.25, 0.3) is 5.91 Å². The van der Waals surface area contributed by atoms with E-state index in [-0.39, 0.29) is 5.91 Å². The minimum atomic E-state index is 0.173. The highest BCUT2D eigenvalue weighted by atomic mass is 16.2.